The van der Waals surface area contributed by atoms with Gasteiger partial charge in [-0.1, -0.05) is 25.0 Å². The van der Waals surface area contributed by atoms with Gasteiger partial charge in [-0.2, -0.15) is 0 Å². The maximum Gasteiger partial charge on any atom is 0.333 e. The molecule has 0 atom stereocenters. The SMILES string of the molecule is C=C(C)C(=O)OCc1c(C)c(C)c(C#Cc2c(C)c(C)c(C3CCC(COC(=O)C(=C)C)CC3)c(C)c2C)c(C)c1C. The summed E-state index contributed by atoms with van der Waals surface area (Å²) in [6.07, 6.45) is 4.33. The van der Waals surface area contributed by atoms with Crippen LogP contribution in [0, 0.1) is 73.1 Å². The average molecular weight is 569 g/mol. The van der Waals surface area contributed by atoms with Crippen LogP contribution < -0.4 is 0 Å². The average Bonchev–Trinajstić information content (AvgIpc) is 2.95. The molecule has 1 saturated carbocycles. The fraction of sp³-hybridized carbons (Fsp3) is 0.474. The van der Waals surface area contributed by atoms with Crippen molar-refractivity contribution in [3.05, 3.63) is 91.1 Å². The van der Waals surface area contributed by atoms with E-state index in [2.05, 4.69) is 80.4 Å². The van der Waals surface area contributed by atoms with E-state index in [4.69, 9.17) is 9.47 Å². The molecule has 42 heavy (non-hydrogen) atoms. The smallest absolute Gasteiger partial charge is 0.333 e. The monoisotopic (exact) mass is 568 g/mol. The Morgan fingerprint density at radius 3 is 1.48 bits per heavy atom. The third kappa shape index (κ3) is 6.89. The van der Waals surface area contributed by atoms with Gasteiger partial charge in [0.1, 0.15) is 6.61 Å². The van der Waals surface area contributed by atoms with Crippen LogP contribution in [0.1, 0.15) is 112 Å². The molecule has 0 saturated heterocycles. The zero-order valence-electron chi connectivity index (χ0n) is 27.4. The summed E-state index contributed by atoms with van der Waals surface area (Å²) >= 11 is 0. The number of esters is 2. The number of ether oxygens (including phenoxy) is 2. The largest absolute Gasteiger partial charge is 0.462 e. The number of carbonyl (C=O) groups is 2. The first-order chi connectivity index (χ1) is 19.7. The van der Waals surface area contributed by atoms with E-state index in [1.54, 1.807) is 13.8 Å². The molecule has 0 bridgehead atoms. The van der Waals surface area contributed by atoms with E-state index < -0.39 is 0 Å². The van der Waals surface area contributed by atoms with Crippen LogP contribution in [0.25, 0.3) is 0 Å². The lowest BCUT2D eigenvalue weighted by Crippen LogP contribution is -2.21. The Hall–Kier alpha value is -3.58. The molecule has 0 aliphatic heterocycles. The van der Waals surface area contributed by atoms with E-state index in [1.165, 1.54) is 27.8 Å². The second-order valence-corrected chi connectivity index (χ2v) is 12.3. The van der Waals surface area contributed by atoms with Crippen molar-refractivity contribution in [2.45, 2.75) is 107 Å². The Morgan fingerprint density at radius 1 is 0.643 bits per heavy atom. The van der Waals surface area contributed by atoms with Gasteiger partial charge in [-0.3, -0.25) is 0 Å². The fourth-order valence-electron chi connectivity index (χ4n) is 6.26. The summed E-state index contributed by atoms with van der Waals surface area (Å²) in [5.74, 6) is 7.38. The highest BCUT2D eigenvalue weighted by molar-refractivity contribution is 5.87. The summed E-state index contributed by atoms with van der Waals surface area (Å²) in [6.45, 7) is 28.7. The van der Waals surface area contributed by atoms with Gasteiger partial charge in [0.15, 0.2) is 0 Å². The van der Waals surface area contributed by atoms with Gasteiger partial charge in [-0.05, 0) is 162 Å². The molecule has 3 rings (SSSR count). The van der Waals surface area contributed by atoms with Crippen molar-refractivity contribution in [3.8, 4) is 11.8 Å². The highest BCUT2D eigenvalue weighted by atomic mass is 16.5. The molecule has 1 aliphatic rings. The van der Waals surface area contributed by atoms with Crippen molar-refractivity contribution in [2.24, 2.45) is 5.92 Å². The van der Waals surface area contributed by atoms with Gasteiger partial charge in [0, 0.05) is 22.3 Å². The first kappa shape index (κ1) is 32.9. The van der Waals surface area contributed by atoms with Crippen molar-refractivity contribution in [3.63, 3.8) is 0 Å². The summed E-state index contributed by atoms with van der Waals surface area (Å²) in [4.78, 5) is 23.8. The minimum Gasteiger partial charge on any atom is -0.462 e. The van der Waals surface area contributed by atoms with Gasteiger partial charge in [-0.25, -0.2) is 9.59 Å². The predicted molar refractivity (Wildman–Crippen MR) is 172 cm³/mol. The van der Waals surface area contributed by atoms with E-state index in [9.17, 15) is 9.59 Å². The predicted octanol–water partition coefficient (Wildman–Crippen LogP) is 8.57. The van der Waals surface area contributed by atoms with E-state index in [0.717, 1.165) is 64.6 Å². The standard InChI is InChI=1S/C38H48O4/c1-21(2)37(39)41-19-31-13-15-32(16-14-31)36-29(11)27(9)34(28(10)30(36)12)18-17-33-23(5)25(7)35(26(8)24(33)6)20-42-38(40)22(3)4/h31-32H,1,3,13-16,19-20H2,2,4-12H3. The second-order valence-electron chi connectivity index (χ2n) is 12.3. The first-order valence-electron chi connectivity index (χ1n) is 15.0. The molecule has 0 heterocycles. The third-order valence-electron chi connectivity index (χ3n) is 9.53. The number of rotatable bonds is 7. The second kappa shape index (κ2) is 13.6. The van der Waals surface area contributed by atoms with Crippen LogP contribution in [0.3, 0.4) is 0 Å². The minimum absolute atomic E-state index is 0.234. The van der Waals surface area contributed by atoms with Crippen molar-refractivity contribution < 1.29 is 19.1 Å². The first-order valence-corrected chi connectivity index (χ1v) is 15.0. The van der Waals surface area contributed by atoms with Crippen molar-refractivity contribution >= 4 is 11.9 Å². The molecule has 0 spiro atoms. The maximum absolute atomic E-state index is 12.0. The summed E-state index contributed by atoms with van der Waals surface area (Å²) in [5.41, 5.74) is 15.2. The molecule has 0 N–H and O–H groups in total. The Morgan fingerprint density at radius 2 is 1.05 bits per heavy atom. The van der Waals surface area contributed by atoms with Crippen LogP contribution in [0.4, 0.5) is 0 Å². The zero-order valence-corrected chi connectivity index (χ0v) is 27.4. The van der Waals surface area contributed by atoms with E-state index >= 15 is 0 Å². The lowest BCUT2D eigenvalue weighted by atomic mass is 9.74. The molecule has 0 amide bonds. The number of hydrogen-bond acceptors (Lipinski definition) is 4. The molecular formula is C38H48O4. The molecule has 2 aromatic rings. The highest BCUT2D eigenvalue weighted by Crippen LogP contribution is 2.41. The zero-order chi connectivity index (χ0) is 31.5. The number of hydrogen-bond donors (Lipinski definition) is 0. The van der Waals surface area contributed by atoms with Crippen LogP contribution in [-0.2, 0) is 25.7 Å². The van der Waals surface area contributed by atoms with Gasteiger partial charge < -0.3 is 9.47 Å². The normalized spacial score (nSPS) is 16.3. The van der Waals surface area contributed by atoms with E-state index in [1.807, 2.05) is 0 Å². The topological polar surface area (TPSA) is 52.6 Å². The van der Waals surface area contributed by atoms with Crippen molar-refractivity contribution in [2.75, 3.05) is 6.61 Å². The summed E-state index contributed by atoms with van der Waals surface area (Å²) in [6, 6.07) is 0. The summed E-state index contributed by atoms with van der Waals surface area (Å²) in [5, 5.41) is 0. The number of benzene rings is 2. The molecule has 4 nitrogen and oxygen atoms in total. The van der Waals surface area contributed by atoms with Crippen molar-refractivity contribution in [1.29, 1.82) is 0 Å². The van der Waals surface area contributed by atoms with Crippen LogP contribution in [0.5, 0.6) is 0 Å². The highest BCUT2D eigenvalue weighted by Gasteiger charge is 2.27. The fourth-order valence-corrected chi connectivity index (χ4v) is 6.26. The Bertz CT molecular complexity index is 1440. The summed E-state index contributed by atoms with van der Waals surface area (Å²) < 4.78 is 10.9. The quantitative estimate of drug-likeness (QED) is 0.191. The molecule has 0 radical (unpaired) electrons. The van der Waals surface area contributed by atoms with Crippen LogP contribution in [-0.4, -0.2) is 18.5 Å². The van der Waals surface area contributed by atoms with Crippen LogP contribution >= 0.6 is 0 Å². The van der Waals surface area contributed by atoms with Gasteiger partial charge in [0.05, 0.1) is 6.61 Å². The molecule has 4 heteroatoms. The molecule has 0 unspecified atom stereocenters. The van der Waals surface area contributed by atoms with Gasteiger partial charge in [-0.15, -0.1) is 0 Å². The van der Waals surface area contributed by atoms with Crippen LogP contribution in [0.2, 0.25) is 0 Å². The number of carbonyl (C=O) groups excluding carboxylic acids is 2. The third-order valence-corrected chi connectivity index (χ3v) is 9.53. The van der Waals surface area contributed by atoms with Gasteiger partial charge in [0.2, 0.25) is 0 Å². The van der Waals surface area contributed by atoms with Gasteiger partial charge in [0.25, 0.3) is 0 Å². The lowest BCUT2D eigenvalue weighted by Gasteiger charge is -2.32. The molecule has 0 aromatic heterocycles. The molecule has 1 fully saturated rings. The Balaban J connectivity index is 1.88. The lowest BCUT2D eigenvalue weighted by molar-refractivity contribution is -0.141. The minimum atomic E-state index is -0.370. The van der Waals surface area contributed by atoms with Crippen molar-refractivity contribution in [1.82, 2.24) is 0 Å². The molecular weight excluding hydrogens is 520 g/mol. The van der Waals surface area contributed by atoms with Gasteiger partial charge >= 0.3 is 11.9 Å². The molecule has 2 aromatic carbocycles. The Labute approximate surface area is 253 Å². The van der Waals surface area contributed by atoms with E-state index in [-0.39, 0.29) is 18.5 Å². The van der Waals surface area contributed by atoms with Crippen LogP contribution in [0.15, 0.2) is 24.3 Å². The Kier molecular flexibility index (Phi) is 10.7. The molecule has 224 valence electrons. The van der Waals surface area contributed by atoms with E-state index in [0.29, 0.717) is 29.6 Å². The maximum atomic E-state index is 12.0. The summed E-state index contributed by atoms with van der Waals surface area (Å²) in [7, 11) is 0. The molecule has 1 aliphatic carbocycles.